The van der Waals surface area contributed by atoms with Crippen molar-refractivity contribution in [2.75, 3.05) is 24.5 Å². The number of aromatic nitrogens is 3. The van der Waals surface area contributed by atoms with Crippen LogP contribution in [0.25, 0.3) is 5.65 Å². The molecule has 12 heteroatoms. The molecule has 2 atom stereocenters. The summed E-state index contributed by atoms with van der Waals surface area (Å²) in [6.07, 6.45) is 3.50. The maximum atomic E-state index is 13.8. The van der Waals surface area contributed by atoms with Gasteiger partial charge >= 0.3 is 0 Å². The Kier molecular flexibility index (Phi) is 6.25. The summed E-state index contributed by atoms with van der Waals surface area (Å²) >= 11 is 0. The predicted molar refractivity (Wildman–Crippen MR) is 125 cm³/mol. The average Bonchev–Trinajstić information content (AvgIpc) is 3.46. The molecular formula is C22H28FN7O3S. The number of nitrogens with zero attached hydrogens (tertiary/aromatic N) is 5. The number of imidazole rings is 1. The van der Waals surface area contributed by atoms with E-state index in [0.717, 1.165) is 30.8 Å². The van der Waals surface area contributed by atoms with E-state index in [9.17, 15) is 17.9 Å². The molecular weight excluding hydrogens is 461 g/mol. The van der Waals surface area contributed by atoms with E-state index >= 15 is 0 Å². The van der Waals surface area contributed by atoms with E-state index < -0.39 is 16.4 Å². The normalized spacial score (nSPS) is 21.4. The number of benzene rings is 1. The van der Waals surface area contributed by atoms with Crippen LogP contribution in [-0.2, 0) is 10.2 Å². The Labute approximate surface area is 197 Å². The zero-order valence-corrected chi connectivity index (χ0v) is 19.4. The fraction of sp³-hybridized carbons (Fsp3) is 0.455. The molecule has 0 spiro atoms. The molecule has 182 valence electrons. The van der Waals surface area contributed by atoms with Gasteiger partial charge in [-0.3, -0.25) is 5.32 Å². The monoisotopic (exact) mass is 489 g/mol. The smallest absolute Gasteiger partial charge is 0.276 e. The number of aliphatic hydroxyl groups is 1. The first kappa shape index (κ1) is 23.1. The molecule has 2 aromatic heterocycles. The summed E-state index contributed by atoms with van der Waals surface area (Å²) in [6.45, 7) is 1.40. The number of anilines is 1. The average molecular weight is 490 g/mol. The highest BCUT2D eigenvalue weighted by Crippen LogP contribution is 2.35. The predicted octanol–water partition coefficient (Wildman–Crippen LogP) is 1.46. The highest BCUT2D eigenvalue weighted by molar-refractivity contribution is 7.86. The lowest BCUT2D eigenvalue weighted by molar-refractivity contribution is 0.104. The van der Waals surface area contributed by atoms with E-state index in [0.29, 0.717) is 37.3 Å². The number of hydrogen-bond donors (Lipinski definition) is 3. The molecule has 0 amide bonds. The van der Waals surface area contributed by atoms with Crippen molar-refractivity contribution in [3.63, 3.8) is 0 Å². The van der Waals surface area contributed by atoms with Crippen LogP contribution in [0.2, 0.25) is 0 Å². The van der Waals surface area contributed by atoms with Crippen molar-refractivity contribution in [1.82, 2.24) is 24.2 Å². The summed E-state index contributed by atoms with van der Waals surface area (Å²) in [5.74, 6) is 0.473. The molecule has 0 bridgehead atoms. The standard InChI is InChI=1S/C22H28FN7O3S/c23-16-4-1-3-15(13-16)18-5-2-10-29(18)21-7-6-20-25-14-19(30(20)27-21)22(31)26-17-8-11-28(12-9-17)34(24,32)33/h1,3-4,6-7,13-14,17-18,22,26,31H,2,5,8-12H2,(H2,24,32,33). The van der Waals surface area contributed by atoms with Crippen LogP contribution in [0.3, 0.4) is 0 Å². The van der Waals surface area contributed by atoms with Gasteiger partial charge in [0.25, 0.3) is 10.2 Å². The van der Waals surface area contributed by atoms with E-state index in [4.69, 9.17) is 10.2 Å². The molecule has 0 saturated carbocycles. The minimum Gasteiger partial charge on any atom is -0.373 e. The van der Waals surface area contributed by atoms with Crippen molar-refractivity contribution < 1.29 is 17.9 Å². The number of piperidine rings is 1. The number of hydrogen-bond acceptors (Lipinski definition) is 7. The largest absolute Gasteiger partial charge is 0.373 e. The van der Waals surface area contributed by atoms with Gasteiger partial charge in [0.2, 0.25) is 0 Å². The zero-order chi connectivity index (χ0) is 23.9. The second-order valence-corrected chi connectivity index (χ2v) is 10.4. The maximum Gasteiger partial charge on any atom is 0.276 e. The molecule has 5 rings (SSSR count). The summed E-state index contributed by atoms with van der Waals surface area (Å²) < 4.78 is 39.7. The van der Waals surface area contributed by atoms with Gasteiger partial charge in [0.05, 0.1) is 12.2 Å². The number of rotatable bonds is 6. The Morgan fingerprint density at radius 2 is 1.94 bits per heavy atom. The number of aliphatic hydroxyl groups excluding tert-OH is 1. The van der Waals surface area contributed by atoms with Crippen LogP contribution >= 0.6 is 0 Å². The summed E-state index contributed by atoms with van der Waals surface area (Å²) in [4.78, 5) is 6.52. The molecule has 0 radical (unpaired) electrons. The molecule has 4 N–H and O–H groups in total. The summed E-state index contributed by atoms with van der Waals surface area (Å²) in [6, 6.07) is 10.4. The van der Waals surface area contributed by atoms with Gasteiger partial charge in [-0.15, -0.1) is 5.10 Å². The highest BCUT2D eigenvalue weighted by Gasteiger charge is 2.29. The lowest BCUT2D eigenvalue weighted by Crippen LogP contribution is -2.47. The number of halogens is 1. The number of nitrogens with one attached hydrogen (secondary N) is 1. The van der Waals surface area contributed by atoms with Crippen molar-refractivity contribution in [3.05, 3.63) is 59.7 Å². The quantitative estimate of drug-likeness (QED) is 0.447. The number of fused-ring (bicyclic) bond motifs is 1. The van der Waals surface area contributed by atoms with Crippen LogP contribution < -0.4 is 15.4 Å². The van der Waals surface area contributed by atoms with Gasteiger partial charge in [0.1, 0.15) is 23.6 Å². The summed E-state index contributed by atoms with van der Waals surface area (Å²) in [7, 11) is -3.70. The first-order chi connectivity index (χ1) is 16.3. The van der Waals surface area contributed by atoms with Gasteiger partial charge < -0.3 is 10.0 Å². The maximum absolute atomic E-state index is 13.8. The molecule has 0 aliphatic carbocycles. The van der Waals surface area contributed by atoms with Crippen LogP contribution in [0.5, 0.6) is 0 Å². The molecule has 4 heterocycles. The highest BCUT2D eigenvalue weighted by atomic mass is 32.2. The molecule has 2 saturated heterocycles. The summed E-state index contributed by atoms with van der Waals surface area (Å²) in [5.41, 5.74) is 2.01. The number of nitrogens with two attached hydrogens (primary N) is 1. The topological polar surface area (TPSA) is 129 Å². The van der Waals surface area contributed by atoms with Crippen molar-refractivity contribution in [1.29, 1.82) is 0 Å². The second-order valence-electron chi connectivity index (χ2n) is 8.84. The van der Waals surface area contributed by atoms with Crippen LogP contribution in [0.15, 0.2) is 42.6 Å². The zero-order valence-electron chi connectivity index (χ0n) is 18.6. The third-order valence-electron chi connectivity index (χ3n) is 6.64. The van der Waals surface area contributed by atoms with Crippen LogP contribution in [-0.4, -0.2) is 58.1 Å². The molecule has 1 aromatic carbocycles. The Hall–Kier alpha value is -2.64. The van der Waals surface area contributed by atoms with Gasteiger partial charge in [0.15, 0.2) is 5.65 Å². The molecule has 2 aliphatic rings. The molecule has 34 heavy (non-hydrogen) atoms. The van der Waals surface area contributed by atoms with E-state index in [-0.39, 0.29) is 17.9 Å². The third-order valence-corrected chi connectivity index (χ3v) is 7.73. The van der Waals surface area contributed by atoms with E-state index in [2.05, 4.69) is 15.2 Å². The third kappa shape index (κ3) is 4.64. The lowest BCUT2D eigenvalue weighted by atomic mass is 10.0. The minimum absolute atomic E-state index is 0.0275. The molecule has 2 unspecified atom stereocenters. The van der Waals surface area contributed by atoms with Crippen LogP contribution in [0.1, 0.15) is 49.2 Å². The van der Waals surface area contributed by atoms with Gasteiger partial charge in [-0.05, 0) is 55.5 Å². The fourth-order valence-corrected chi connectivity index (χ4v) is 5.63. The Balaban J connectivity index is 1.34. The molecule has 3 aromatic rings. The van der Waals surface area contributed by atoms with Gasteiger partial charge in [-0.1, -0.05) is 12.1 Å². The van der Waals surface area contributed by atoms with Crippen LogP contribution in [0.4, 0.5) is 10.2 Å². The summed E-state index contributed by atoms with van der Waals surface area (Å²) in [5, 5.41) is 24.0. The SMILES string of the molecule is NS(=O)(=O)N1CCC(NC(O)c2cnc3ccc(N4CCCC4c4cccc(F)c4)nn23)CC1. The Morgan fingerprint density at radius 1 is 1.15 bits per heavy atom. The van der Waals surface area contributed by atoms with E-state index in [1.54, 1.807) is 22.8 Å². The first-order valence-electron chi connectivity index (χ1n) is 11.4. The van der Waals surface area contributed by atoms with E-state index in [1.807, 2.05) is 18.2 Å². The van der Waals surface area contributed by atoms with Crippen LogP contribution in [0, 0.1) is 5.82 Å². The Bertz CT molecular complexity index is 1280. The first-order valence-corrected chi connectivity index (χ1v) is 12.9. The van der Waals surface area contributed by atoms with E-state index in [1.165, 1.54) is 10.4 Å². The van der Waals surface area contributed by atoms with Gasteiger partial charge in [-0.25, -0.2) is 19.0 Å². The van der Waals surface area contributed by atoms with Crippen molar-refractivity contribution in [2.24, 2.45) is 5.14 Å². The molecule has 2 aliphatic heterocycles. The fourth-order valence-electron chi connectivity index (χ4n) is 4.91. The lowest BCUT2D eigenvalue weighted by Gasteiger charge is -2.31. The molecule has 10 nitrogen and oxygen atoms in total. The van der Waals surface area contributed by atoms with Crippen molar-refractivity contribution in [3.8, 4) is 0 Å². The Morgan fingerprint density at radius 3 is 2.68 bits per heavy atom. The second kappa shape index (κ2) is 9.19. The van der Waals surface area contributed by atoms with Crippen molar-refractivity contribution >= 4 is 21.7 Å². The van der Waals surface area contributed by atoms with Gasteiger partial charge in [0, 0.05) is 25.7 Å². The van der Waals surface area contributed by atoms with Crippen molar-refractivity contribution in [2.45, 2.75) is 44.0 Å². The minimum atomic E-state index is -3.70. The molecule has 2 fully saturated rings. The van der Waals surface area contributed by atoms with Gasteiger partial charge in [-0.2, -0.15) is 12.7 Å².